The Morgan fingerprint density at radius 1 is 1.10 bits per heavy atom. The van der Waals surface area contributed by atoms with Crippen molar-refractivity contribution in [3.8, 4) is 0 Å². The highest BCUT2D eigenvalue weighted by Gasteiger charge is 2.48. The second-order valence-electron chi connectivity index (χ2n) is 11.0. The third-order valence-corrected chi connectivity index (χ3v) is 7.27. The molecule has 3 nitrogen and oxygen atoms in total. The molecule has 4 rings (SSSR count). The highest BCUT2D eigenvalue weighted by molar-refractivity contribution is 6.17. The summed E-state index contributed by atoms with van der Waals surface area (Å²) in [5.74, 6) is 2.58. The number of fused-ring (bicyclic) bond motifs is 2. The van der Waals surface area contributed by atoms with Gasteiger partial charge in [0.25, 0.3) is 0 Å². The van der Waals surface area contributed by atoms with Gasteiger partial charge in [0.05, 0.1) is 0 Å². The monoisotopic (exact) mass is 448 g/mol. The average molecular weight is 449 g/mol. The third kappa shape index (κ3) is 8.09. The number of halogens is 1. The number of nitrogens with one attached hydrogen (secondary N) is 1. The van der Waals surface area contributed by atoms with Crippen molar-refractivity contribution in [2.24, 2.45) is 23.0 Å². The molecule has 1 amide bonds. The lowest BCUT2D eigenvalue weighted by atomic mass is 9.51. The number of hydrogen-bond acceptors (Lipinski definition) is 2. The molecule has 0 spiro atoms. The van der Waals surface area contributed by atoms with Crippen molar-refractivity contribution in [2.75, 3.05) is 5.88 Å². The van der Waals surface area contributed by atoms with Gasteiger partial charge in [-0.25, -0.2) is 0 Å². The molecule has 1 aromatic carbocycles. The van der Waals surface area contributed by atoms with Crippen LogP contribution in [0.4, 0.5) is 0 Å². The van der Waals surface area contributed by atoms with Crippen molar-refractivity contribution in [3.63, 3.8) is 0 Å². The second kappa shape index (κ2) is 12.3. The summed E-state index contributed by atoms with van der Waals surface area (Å²) in [7, 11) is 0. The molecule has 0 aromatic heterocycles. The van der Waals surface area contributed by atoms with Crippen LogP contribution in [0.5, 0.6) is 0 Å². The molecule has 2 bridgehead atoms. The molecular weight excluding hydrogens is 404 g/mol. The molecule has 0 radical (unpaired) electrons. The molecule has 3 atom stereocenters. The molecule has 176 valence electrons. The smallest absolute Gasteiger partial charge is 0.207 e. The van der Waals surface area contributed by atoms with Crippen molar-refractivity contribution in [1.29, 1.82) is 0 Å². The van der Waals surface area contributed by atoms with Gasteiger partial charge in [-0.05, 0) is 86.0 Å². The molecule has 4 heteroatoms. The summed E-state index contributed by atoms with van der Waals surface area (Å²) in [6, 6.07) is 12.1. The number of rotatable bonds is 3. The number of carbonyl (C=O) groups excluding carboxylic acids is 1. The van der Waals surface area contributed by atoms with Crippen LogP contribution in [0.2, 0.25) is 0 Å². The maximum Gasteiger partial charge on any atom is 0.207 e. The lowest BCUT2D eigenvalue weighted by molar-refractivity contribution is -0.110. The minimum Gasteiger partial charge on any atom is -0.356 e. The minimum absolute atomic E-state index is 0.365. The predicted octanol–water partition coefficient (Wildman–Crippen LogP) is 6.43. The minimum atomic E-state index is 0.365. The first-order chi connectivity index (χ1) is 14.7. The van der Waals surface area contributed by atoms with Crippen molar-refractivity contribution in [2.45, 2.75) is 103 Å². The van der Waals surface area contributed by atoms with E-state index in [1.54, 1.807) is 5.56 Å². The van der Waals surface area contributed by atoms with Gasteiger partial charge >= 0.3 is 0 Å². The summed E-state index contributed by atoms with van der Waals surface area (Å²) >= 11 is 5.00. The van der Waals surface area contributed by atoms with Gasteiger partial charge in [0, 0.05) is 18.0 Å². The fourth-order valence-electron chi connectivity index (χ4n) is 6.62. The summed E-state index contributed by atoms with van der Waals surface area (Å²) in [6.07, 6.45) is 12.1. The molecule has 3 saturated carbocycles. The van der Waals surface area contributed by atoms with Gasteiger partial charge in [0.2, 0.25) is 6.41 Å². The van der Waals surface area contributed by atoms with Crippen LogP contribution < -0.4 is 11.1 Å². The fourth-order valence-corrected chi connectivity index (χ4v) is 6.62. The number of benzene rings is 1. The van der Waals surface area contributed by atoms with Crippen molar-refractivity contribution >= 4 is 18.0 Å². The standard InChI is InChI=1S/C18H26.C7H14N2O.C2H5Cl/c1-14-9-15-11-17(2,3)13-18(10-14,12-15)16-7-5-4-6-8-16;8-6-1-3-7(4-2-6)9-5-10;1-2-3/h4-8,14-15H,9-13H2,1-3H3;5-7H,1-4,8H2,(H,9,10);2H2,1H3. The van der Waals surface area contributed by atoms with E-state index >= 15 is 0 Å². The maximum atomic E-state index is 10.0. The first kappa shape index (κ1) is 26.2. The lowest BCUT2D eigenvalue weighted by Crippen LogP contribution is -2.45. The largest absolute Gasteiger partial charge is 0.356 e. The Morgan fingerprint density at radius 2 is 1.71 bits per heavy atom. The van der Waals surface area contributed by atoms with E-state index in [1.807, 2.05) is 6.92 Å². The molecular formula is C27H45ClN2O. The first-order valence-corrected chi connectivity index (χ1v) is 12.8. The van der Waals surface area contributed by atoms with Gasteiger partial charge < -0.3 is 11.1 Å². The molecule has 0 aliphatic heterocycles. The molecule has 3 N–H and O–H groups in total. The summed E-state index contributed by atoms with van der Waals surface area (Å²) in [4.78, 5) is 10.0. The molecule has 3 fully saturated rings. The Kier molecular flexibility index (Phi) is 10.4. The summed E-state index contributed by atoms with van der Waals surface area (Å²) in [5.41, 5.74) is 8.29. The van der Waals surface area contributed by atoms with Gasteiger partial charge in [0.15, 0.2) is 0 Å². The van der Waals surface area contributed by atoms with Crippen LogP contribution in [0.1, 0.15) is 91.0 Å². The summed E-state index contributed by atoms with van der Waals surface area (Å²) < 4.78 is 0. The first-order valence-electron chi connectivity index (χ1n) is 12.3. The van der Waals surface area contributed by atoms with E-state index in [-0.39, 0.29) is 0 Å². The molecule has 3 aliphatic carbocycles. The van der Waals surface area contributed by atoms with Gasteiger partial charge in [-0.2, -0.15) is 0 Å². The average Bonchev–Trinajstić information content (AvgIpc) is 2.70. The van der Waals surface area contributed by atoms with Crippen molar-refractivity contribution in [1.82, 2.24) is 5.32 Å². The van der Waals surface area contributed by atoms with E-state index in [9.17, 15) is 4.79 Å². The quantitative estimate of drug-likeness (QED) is 0.413. The van der Waals surface area contributed by atoms with Gasteiger partial charge in [-0.15, -0.1) is 11.6 Å². The van der Waals surface area contributed by atoms with Crippen LogP contribution in [-0.4, -0.2) is 24.4 Å². The molecule has 0 heterocycles. The molecule has 3 unspecified atom stereocenters. The van der Waals surface area contributed by atoms with E-state index in [0.29, 0.717) is 22.9 Å². The number of alkyl halides is 1. The maximum absolute atomic E-state index is 10.0. The SMILES string of the molecule is CC1CC2CC(C)(C)CC(c3ccccc3)(C1)C2.CCCl.NC1CCC(NC=O)CC1. The fraction of sp³-hybridized carbons (Fsp3) is 0.741. The van der Waals surface area contributed by atoms with Gasteiger partial charge in [-0.1, -0.05) is 58.0 Å². The normalized spacial score (nSPS) is 33.6. The number of nitrogens with two attached hydrogens (primary N) is 1. The molecule has 3 aliphatic rings. The van der Waals surface area contributed by atoms with Crippen LogP contribution in [0.3, 0.4) is 0 Å². The zero-order valence-electron chi connectivity index (χ0n) is 20.2. The lowest BCUT2D eigenvalue weighted by Gasteiger charge is -2.54. The summed E-state index contributed by atoms with van der Waals surface area (Å²) in [5, 5.41) is 2.77. The number of carbonyl (C=O) groups is 1. The van der Waals surface area contributed by atoms with Crippen LogP contribution in [0.15, 0.2) is 30.3 Å². The Balaban J connectivity index is 0.000000223. The van der Waals surface area contributed by atoms with Crippen LogP contribution in [0, 0.1) is 17.3 Å². The Labute approximate surface area is 195 Å². The van der Waals surface area contributed by atoms with Crippen LogP contribution in [-0.2, 0) is 10.2 Å². The molecule has 31 heavy (non-hydrogen) atoms. The molecule has 1 aromatic rings. The van der Waals surface area contributed by atoms with E-state index in [1.165, 1.54) is 32.1 Å². The predicted molar refractivity (Wildman–Crippen MR) is 133 cm³/mol. The topological polar surface area (TPSA) is 55.1 Å². The number of amides is 1. The number of hydrogen-bond donors (Lipinski definition) is 2. The van der Waals surface area contributed by atoms with E-state index in [2.05, 4.69) is 56.4 Å². The Bertz CT molecular complexity index is 638. The van der Waals surface area contributed by atoms with E-state index in [4.69, 9.17) is 17.3 Å². The van der Waals surface area contributed by atoms with Crippen molar-refractivity contribution in [3.05, 3.63) is 35.9 Å². The van der Waals surface area contributed by atoms with Crippen molar-refractivity contribution < 1.29 is 4.79 Å². The highest BCUT2D eigenvalue weighted by Crippen LogP contribution is 2.57. The van der Waals surface area contributed by atoms with Gasteiger partial charge in [-0.3, -0.25) is 4.79 Å². The van der Waals surface area contributed by atoms with Crippen LogP contribution >= 0.6 is 11.6 Å². The Morgan fingerprint density at radius 3 is 2.29 bits per heavy atom. The van der Waals surface area contributed by atoms with E-state index in [0.717, 1.165) is 49.8 Å². The zero-order valence-corrected chi connectivity index (χ0v) is 21.0. The third-order valence-electron chi connectivity index (χ3n) is 7.27. The highest BCUT2D eigenvalue weighted by atomic mass is 35.5. The second-order valence-corrected chi connectivity index (χ2v) is 11.5. The zero-order chi connectivity index (χ0) is 22.9. The summed E-state index contributed by atoms with van der Waals surface area (Å²) in [6.45, 7) is 9.31. The molecule has 0 saturated heterocycles. The van der Waals surface area contributed by atoms with E-state index < -0.39 is 0 Å². The van der Waals surface area contributed by atoms with Crippen LogP contribution in [0.25, 0.3) is 0 Å². The Hall–Kier alpha value is -1.06. The van der Waals surface area contributed by atoms with Gasteiger partial charge in [0.1, 0.15) is 0 Å².